The SMILES string of the molecule is CC.CC(=O)N1CCCC1c1ccccc1.CC1(C)CCCO1. The van der Waals surface area contributed by atoms with Crippen LogP contribution < -0.4 is 0 Å². The minimum Gasteiger partial charge on any atom is -0.376 e. The topological polar surface area (TPSA) is 29.5 Å². The van der Waals surface area contributed by atoms with E-state index >= 15 is 0 Å². The van der Waals surface area contributed by atoms with Crippen LogP contribution in [0.5, 0.6) is 0 Å². The Hall–Kier alpha value is -1.35. The fourth-order valence-corrected chi connectivity index (χ4v) is 3.08. The average Bonchev–Trinajstić information content (AvgIpc) is 3.19. The maximum absolute atomic E-state index is 11.4. The van der Waals surface area contributed by atoms with E-state index in [1.807, 2.05) is 36.9 Å². The van der Waals surface area contributed by atoms with E-state index in [0.29, 0.717) is 6.04 Å². The largest absolute Gasteiger partial charge is 0.376 e. The fraction of sp³-hybridized carbons (Fsp3) is 0.650. The van der Waals surface area contributed by atoms with Crippen LogP contribution in [0, 0.1) is 0 Å². The van der Waals surface area contributed by atoms with Gasteiger partial charge in [-0.1, -0.05) is 44.2 Å². The Morgan fingerprint density at radius 3 is 2.26 bits per heavy atom. The monoisotopic (exact) mass is 319 g/mol. The molecule has 0 spiro atoms. The van der Waals surface area contributed by atoms with Crippen LogP contribution in [0.4, 0.5) is 0 Å². The standard InChI is InChI=1S/C12H15NO.C6H12O.C2H6/c1-10(14)13-9-5-8-12(13)11-6-3-2-4-7-11;1-6(2)4-3-5-7-6;1-2/h2-4,6-7,12H,5,8-9H2,1H3;3-5H2,1-2H3;1-2H3. The van der Waals surface area contributed by atoms with Crippen molar-refractivity contribution in [1.82, 2.24) is 4.90 Å². The molecule has 0 bridgehead atoms. The van der Waals surface area contributed by atoms with Crippen LogP contribution in [0.2, 0.25) is 0 Å². The summed E-state index contributed by atoms with van der Waals surface area (Å²) in [5.74, 6) is 0.191. The summed E-state index contributed by atoms with van der Waals surface area (Å²) in [6.45, 7) is 11.8. The van der Waals surface area contributed by atoms with E-state index in [4.69, 9.17) is 4.74 Å². The van der Waals surface area contributed by atoms with Crippen molar-refractivity contribution in [2.24, 2.45) is 0 Å². The third-order valence-corrected chi connectivity index (χ3v) is 4.26. The minimum absolute atomic E-state index is 0.191. The quantitative estimate of drug-likeness (QED) is 0.731. The first-order valence-corrected chi connectivity index (χ1v) is 8.96. The molecule has 0 saturated carbocycles. The number of likely N-dealkylation sites (tertiary alicyclic amines) is 1. The minimum atomic E-state index is 0.191. The molecule has 2 fully saturated rings. The van der Waals surface area contributed by atoms with Gasteiger partial charge in [-0.05, 0) is 45.1 Å². The number of hydrogen-bond donors (Lipinski definition) is 0. The smallest absolute Gasteiger partial charge is 0.219 e. The highest BCUT2D eigenvalue weighted by Gasteiger charge is 2.27. The molecule has 1 aromatic rings. The molecular formula is C20H33NO2. The number of benzene rings is 1. The number of rotatable bonds is 1. The molecule has 3 heteroatoms. The van der Waals surface area contributed by atoms with Gasteiger partial charge in [-0.2, -0.15) is 0 Å². The fourth-order valence-electron chi connectivity index (χ4n) is 3.08. The number of amides is 1. The predicted octanol–water partition coefficient (Wildman–Crippen LogP) is 4.97. The Bertz CT molecular complexity index is 448. The third-order valence-electron chi connectivity index (χ3n) is 4.26. The van der Waals surface area contributed by atoms with Crippen LogP contribution in [0.1, 0.15) is 71.9 Å². The predicted molar refractivity (Wildman–Crippen MR) is 96.4 cm³/mol. The Balaban J connectivity index is 0.000000247. The first-order chi connectivity index (χ1) is 11.0. The number of hydrogen-bond acceptors (Lipinski definition) is 2. The lowest BCUT2D eigenvalue weighted by Crippen LogP contribution is -2.27. The highest BCUT2D eigenvalue weighted by Crippen LogP contribution is 2.31. The zero-order valence-electron chi connectivity index (χ0n) is 15.5. The first-order valence-electron chi connectivity index (χ1n) is 8.96. The zero-order valence-corrected chi connectivity index (χ0v) is 15.5. The third kappa shape index (κ3) is 6.34. The summed E-state index contributed by atoms with van der Waals surface area (Å²) in [6.07, 6.45) is 4.70. The normalized spacial score (nSPS) is 21.8. The van der Waals surface area contributed by atoms with Gasteiger partial charge in [0.15, 0.2) is 0 Å². The molecular weight excluding hydrogens is 286 g/mol. The van der Waals surface area contributed by atoms with Crippen molar-refractivity contribution in [3.05, 3.63) is 35.9 Å². The lowest BCUT2D eigenvalue weighted by Gasteiger charge is -2.23. The van der Waals surface area contributed by atoms with Crippen LogP contribution in [0.3, 0.4) is 0 Å². The van der Waals surface area contributed by atoms with Gasteiger partial charge >= 0.3 is 0 Å². The Morgan fingerprint density at radius 2 is 1.83 bits per heavy atom. The summed E-state index contributed by atoms with van der Waals surface area (Å²) < 4.78 is 5.34. The molecule has 2 heterocycles. The molecule has 0 aliphatic carbocycles. The highest BCUT2D eigenvalue weighted by atomic mass is 16.5. The van der Waals surface area contributed by atoms with Gasteiger partial charge in [-0.15, -0.1) is 0 Å². The molecule has 1 aromatic carbocycles. The van der Waals surface area contributed by atoms with E-state index in [-0.39, 0.29) is 11.5 Å². The molecule has 2 aliphatic heterocycles. The van der Waals surface area contributed by atoms with Crippen molar-refractivity contribution in [3.8, 4) is 0 Å². The number of nitrogens with zero attached hydrogens (tertiary/aromatic N) is 1. The van der Waals surface area contributed by atoms with E-state index in [1.165, 1.54) is 18.4 Å². The van der Waals surface area contributed by atoms with E-state index < -0.39 is 0 Å². The molecule has 3 rings (SSSR count). The summed E-state index contributed by atoms with van der Waals surface area (Å²) >= 11 is 0. The molecule has 23 heavy (non-hydrogen) atoms. The van der Waals surface area contributed by atoms with Crippen molar-refractivity contribution >= 4 is 5.91 Å². The molecule has 2 aliphatic rings. The molecule has 1 atom stereocenters. The van der Waals surface area contributed by atoms with Gasteiger partial charge < -0.3 is 9.64 Å². The summed E-state index contributed by atoms with van der Waals surface area (Å²) in [5.41, 5.74) is 1.46. The van der Waals surface area contributed by atoms with Gasteiger partial charge in [0.1, 0.15) is 0 Å². The van der Waals surface area contributed by atoms with Crippen molar-refractivity contribution in [2.75, 3.05) is 13.2 Å². The average molecular weight is 319 g/mol. The van der Waals surface area contributed by atoms with Crippen LogP contribution in [0.15, 0.2) is 30.3 Å². The van der Waals surface area contributed by atoms with Crippen molar-refractivity contribution in [3.63, 3.8) is 0 Å². The Kier molecular flexibility index (Phi) is 8.32. The molecule has 0 aromatic heterocycles. The second-order valence-electron chi connectivity index (χ2n) is 6.49. The van der Waals surface area contributed by atoms with Crippen LogP contribution in [-0.4, -0.2) is 29.6 Å². The van der Waals surface area contributed by atoms with E-state index in [0.717, 1.165) is 26.0 Å². The maximum atomic E-state index is 11.4. The van der Waals surface area contributed by atoms with Gasteiger partial charge in [-0.25, -0.2) is 0 Å². The number of ether oxygens (including phenoxy) is 1. The van der Waals surface area contributed by atoms with Crippen molar-refractivity contribution < 1.29 is 9.53 Å². The van der Waals surface area contributed by atoms with E-state index in [9.17, 15) is 4.79 Å². The van der Waals surface area contributed by atoms with E-state index in [2.05, 4.69) is 26.0 Å². The molecule has 2 saturated heterocycles. The van der Waals surface area contributed by atoms with Crippen molar-refractivity contribution in [2.45, 2.75) is 71.9 Å². The second-order valence-corrected chi connectivity index (χ2v) is 6.49. The summed E-state index contributed by atoms with van der Waals surface area (Å²) in [7, 11) is 0. The van der Waals surface area contributed by atoms with Gasteiger partial charge in [0.25, 0.3) is 0 Å². The van der Waals surface area contributed by atoms with E-state index in [1.54, 1.807) is 6.92 Å². The maximum Gasteiger partial charge on any atom is 0.219 e. The van der Waals surface area contributed by atoms with Gasteiger partial charge in [0.2, 0.25) is 5.91 Å². The Morgan fingerprint density at radius 1 is 1.17 bits per heavy atom. The summed E-state index contributed by atoms with van der Waals surface area (Å²) in [5, 5.41) is 0. The molecule has 0 N–H and O–H groups in total. The molecule has 130 valence electrons. The molecule has 1 amide bonds. The second kappa shape index (κ2) is 9.71. The van der Waals surface area contributed by atoms with Crippen molar-refractivity contribution in [1.29, 1.82) is 0 Å². The first kappa shape index (κ1) is 19.7. The summed E-state index contributed by atoms with van der Waals surface area (Å²) in [4.78, 5) is 13.3. The lowest BCUT2D eigenvalue weighted by atomic mass is 10.0. The molecule has 3 nitrogen and oxygen atoms in total. The summed E-state index contributed by atoms with van der Waals surface area (Å²) in [6, 6.07) is 10.6. The molecule has 0 radical (unpaired) electrons. The van der Waals surface area contributed by atoms with Crippen LogP contribution >= 0.6 is 0 Å². The zero-order chi connectivity index (χ0) is 17.3. The van der Waals surface area contributed by atoms with Gasteiger partial charge in [0.05, 0.1) is 11.6 Å². The highest BCUT2D eigenvalue weighted by molar-refractivity contribution is 5.74. The molecule has 1 unspecified atom stereocenters. The number of carbonyl (C=O) groups is 1. The van der Waals surface area contributed by atoms with Gasteiger partial charge in [0, 0.05) is 20.1 Å². The van der Waals surface area contributed by atoms with Crippen LogP contribution in [-0.2, 0) is 9.53 Å². The number of carbonyl (C=O) groups excluding carboxylic acids is 1. The van der Waals surface area contributed by atoms with Gasteiger partial charge in [-0.3, -0.25) is 4.79 Å². The Labute approximate surface area is 142 Å². The lowest BCUT2D eigenvalue weighted by molar-refractivity contribution is -0.129. The van der Waals surface area contributed by atoms with Crippen LogP contribution in [0.25, 0.3) is 0 Å².